The van der Waals surface area contributed by atoms with Crippen LogP contribution in [-0.4, -0.2) is 28.5 Å². The average Bonchev–Trinajstić information content (AvgIpc) is 3.12. The van der Waals surface area contributed by atoms with Crippen molar-refractivity contribution in [2.24, 2.45) is 5.92 Å². The normalized spacial score (nSPS) is 15.7. The SMILES string of the molecule is CC(C)COc1ccc(N2C(=O)C(O)=C(C(=O)CCc3ccccc3)C2c2cccc(O)c2)cc1. The standard InChI is InChI=1S/C29H29NO5/c1-19(2)18-35-24-14-12-22(13-15-24)30-27(21-9-6-10-23(31)17-21)26(28(33)29(30)34)25(32)16-11-20-7-4-3-5-8-20/h3-10,12-15,17,19,27,31,33H,11,16,18H2,1-2H3. The quantitative estimate of drug-likeness (QED) is 0.429. The van der Waals surface area contributed by atoms with Crippen LogP contribution in [0.3, 0.4) is 0 Å². The van der Waals surface area contributed by atoms with Gasteiger partial charge in [-0.25, -0.2) is 0 Å². The molecule has 0 fully saturated rings. The van der Waals surface area contributed by atoms with E-state index in [-0.39, 0.29) is 23.5 Å². The van der Waals surface area contributed by atoms with Gasteiger partial charge in [-0.15, -0.1) is 0 Å². The molecule has 0 radical (unpaired) electrons. The first-order chi connectivity index (χ1) is 16.8. The lowest BCUT2D eigenvalue weighted by molar-refractivity contribution is -0.118. The summed E-state index contributed by atoms with van der Waals surface area (Å²) in [7, 11) is 0. The Morgan fingerprint density at radius 2 is 1.69 bits per heavy atom. The van der Waals surface area contributed by atoms with Crippen molar-refractivity contribution in [3.05, 3.63) is 101 Å². The fourth-order valence-electron chi connectivity index (χ4n) is 4.17. The van der Waals surface area contributed by atoms with Crippen molar-refractivity contribution in [2.45, 2.75) is 32.7 Å². The molecule has 6 nitrogen and oxygen atoms in total. The number of carbonyl (C=O) groups is 2. The molecule has 0 aromatic heterocycles. The predicted molar refractivity (Wildman–Crippen MR) is 135 cm³/mol. The summed E-state index contributed by atoms with van der Waals surface area (Å²) >= 11 is 0. The van der Waals surface area contributed by atoms with Crippen molar-refractivity contribution in [3.8, 4) is 11.5 Å². The number of aromatic hydroxyl groups is 1. The Balaban J connectivity index is 1.66. The molecule has 1 aliphatic rings. The number of ether oxygens (including phenoxy) is 1. The van der Waals surface area contributed by atoms with E-state index >= 15 is 0 Å². The lowest BCUT2D eigenvalue weighted by atomic mass is 9.93. The summed E-state index contributed by atoms with van der Waals surface area (Å²) in [4.78, 5) is 28.0. The second-order valence-corrected chi connectivity index (χ2v) is 9.04. The van der Waals surface area contributed by atoms with E-state index in [2.05, 4.69) is 13.8 Å². The molecule has 1 atom stereocenters. The average molecular weight is 472 g/mol. The number of ketones is 1. The summed E-state index contributed by atoms with van der Waals surface area (Å²) in [6.45, 7) is 4.68. The Hall–Kier alpha value is -4.06. The van der Waals surface area contributed by atoms with Gasteiger partial charge in [0.2, 0.25) is 0 Å². The molecule has 1 amide bonds. The van der Waals surface area contributed by atoms with Gasteiger partial charge >= 0.3 is 0 Å². The van der Waals surface area contributed by atoms with E-state index in [0.717, 1.165) is 5.56 Å². The van der Waals surface area contributed by atoms with E-state index in [1.807, 2.05) is 30.3 Å². The molecule has 2 N–H and O–H groups in total. The number of amides is 1. The molecule has 3 aromatic rings. The molecule has 1 unspecified atom stereocenters. The van der Waals surface area contributed by atoms with E-state index in [1.165, 1.54) is 17.0 Å². The second kappa shape index (κ2) is 10.5. The Morgan fingerprint density at radius 3 is 2.34 bits per heavy atom. The number of aliphatic hydroxyl groups excluding tert-OH is 1. The van der Waals surface area contributed by atoms with Crippen molar-refractivity contribution in [3.63, 3.8) is 0 Å². The molecule has 1 aliphatic heterocycles. The minimum Gasteiger partial charge on any atom is -0.508 e. The maximum Gasteiger partial charge on any atom is 0.294 e. The van der Waals surface area contributed by atoms with Gasteiger partial charge in [-0.3, -0.25) is 14.5 Å². The van der Waals surface area contributed by atoms with Crippen molar-refractivity contribution in [1.82, 2.24) is 0 Å². The highest BCUT2D eigenvalue weighted by molar-refractivity contribution is 6.16. The maximum absolute atomic E-state index is 13.3. The van der Waals surface area contributed by atoms with Gasteiger partial charge in [-0.1, -0.05) is 56.3 Å². The van der Waals surface area contributed by atoms with Crippen LogP contribution in [0, 0.1) is 5.92 Å². The fraction of sp³-hybridized carbons (Fsp3) is 0.241. The number of aryl methyl sites for hydroxylation is 1. The number of aliphatic hydroxyl groups is 1. The number of nitrogens with zero attached hydrogens (tertiary/aromatic N) is 1. The number of hydrogen-bond donors (Lipinski definition) is 2. The van der Waals surface area contributed by atoms with E-state index in [1.54, 1.807) is 36.4 Å². The molecule has 180 valence electrons. The van der Waals surface area contributed by atoms with Crippen molar-refractivity contribution >= 4 is 17.4 Å². The lowest BCUT2D eigenvalue weighted by Gasteiger charge is -2.27. The summed E-state index contributed by atoms with van der Waals surface area (Å²) < 4.78 is 5.74. The highest BCUT2D eigenvalue weighted by atomic mass is 16.5. The van der Waals surface area contributed by atoms with Crippen LogP contribution >= 0.6 is 0 Å². The number of rotatable bonds is 9. The Morgan fingerprint density at radius 1 is 0.971 bits per heavy atom. The number of phenols is 1. The third-order valence-corrected chi connectivity index (χ3v) is 5.88. The third-order valence-electron chi connectivity index (χ3n) is 5.88. The number of hydrogen-bond acceptors (Lipinski definition) is 5. The first-order valence-corrected chi connectivity index (χ1v) is 11.7. The van der Waals surface area contributed by atoms with E-state index in [0.29, 0.717) is 35.9 Å². The summed E-state index contributed by atoms with van der Waals surface area (Å²) in [6, 6.07) is 22.1. The fourth-order valence-corrected chi connectivity index (χ4v) is 4.17. The number of phenolic OH excluding ortho intramolecular Hbond substituents is 1. The monoisotopic (exact) mass is 471 g/mol. The van der Waals surface area contributed by atoms with Crippen LogP contribution in [-0.2, 0) is 16.0 Å². The zero-order chi connectivity index (χ0) is 24.9. The smallest absolute Gasteiger partial charge is 0.294 e. The van der Waals surface area contributed by atoms with Gasteiger partial charge < -0.3 is 14.9 Å². The summed E-state index contributed by atoms with van der Waals surface area (Å²) in [5.74, 6) is -0.481. The van der Waals surface area contributed by atoms with Crippen molar-refractivity contribution < 1.29 is 24.5 Å². The largest absolute Gasteiger partial charge is 0.508 e. The molecule has 35 heavy (non-hydrogen) atoms. The second-order valence-electron chi connectivity index (χ2n) is 9.04. The van der Waals surface area contributed by atoms with Crippen LogP contribution in [0.4, 0.5) is 5.69 Å². The molecule has 3 aromatic carbocycles. The Labute approximate surface area is 205 Å². The van der Waals surface area contributed by atoms with Crippen LogP contribution in [0.15, 0.2) is 90.2 Å². The number of anilines is 1. The molecule has 0 bridgehead atoms. The zero-order valence-corrected chi connectivity index (χ0v) is 19.8. The minimum atomic E-state index is -0.861. The summed E-state index contributed by atoms with van der Waals surface area (Å²) in [6.07, 6.45) is 0.626. The van der Waals surface area contributed by atoms with Crippen LogP contribution in [0.5, 0.6) is 11.5 Å². The van der Waals surface area contributed by atoms with E-state index in [4.69, 9.17) is 4.74 Å². The molecule has 0 saturated carbocycles. The van der Waals surface area contributed by atoms with Crippen LogP contribution in [0.25, 0.3) is 0 Å². The molecular weight excluding hydrogens is 442 g/mol. The maximum atomic E-state index is 13.3. The van der Waals surface area contributed by atoms with Gasteiger partial charge in [0, 0.05) is 12.1 Å². The van der Waals surface area contributed by atoms with Gasteiger partial charge in [-0.2, -0.15) is 0 Å². The van der Waals surface area contributed by atoms with Gasteiger partial charge in [0.25, 0.3) is 5.91 Å². The number of carbonyl (C=O) groups excluding carboxylic acids is 2. The molecule has 4 rings (SSSR count). The molecular formula is C29H29NO5. The molecule has 6 heteroatoms. The Kier molecular flexibility index (Phi) is 7.20. The number of Topliss-reactive ketones (excluding diaryl/α,β-unsaturated/α-hetero) is 1. The molecule has 1 heterocycles. The zero-order valence-electron chi connectivity index (χ0n) is 19.8. The Bertz CT molecular complexity index is 1230. The highest BCUT2D eigenvalue weighted by Crippen LogP contribution is 2.42. The van der Waals surface area contributed by atoms with Gasteiger partial charge in [0.05, 0.1) is 18.2 Å². The van der Waals surface area contributed by atoms with Gasteiger partial charge in [0.15, 0.2) is 11.5 Å². The minimum absolute atomic E-state index is 0.00908. The first-order valence-electron chi connectivity index (χ1n) is 11.7. The molecule has 0 spiro atoms. The third kappa shape index (κ3) is 5.38. The summed E-state index contributed by atoms with van der Waals surface area (Å²) in [5.41, 5.74) is 2.08. The van der Waals surface area contributed by atoms with E-state index < -0.39 is 17.7 Å². The number of benzene rings is 3. The summed E-state index contributed by atoms with van der Waals surface area (Å²) in [5, 5.41) is 20.9. The van der Waals surface area contributed by atoms with Crippen LogP contribution < -0.4 is 9.64 Å². The highest BCUT2D eigenvalue weighted by Gasteiger charge is 2.44. The first kappa shape index (κ1) is 24.1. The van der Waals surface area contributed by atoms with Gasteiger partial charge in [-0.05, 0) is 59.9 Å². The lowest BCUT2D eigenvalue weighted by Crippen LogP contribution is -2.31. The molecule has 0 aliphatic carbocycles. The van der Waals surface area contributed by atoms with E-state index in [9.17, 15) is 19.8 Å². The van der Waals surface area contributed by atoms with Crippen molar-refractivity contribution in [2.75, 3.05) is 11.5 Å². The molecule has 0 saturated heterocycles. The van der Waals surface area contributed by atoms with Crippen LogP contribution in [0.1, 0.15) is 37.4 Å². The van der Waals surface area contributed by atoms with Gasteiger partial charge in [0.1, 0.15) is 11.5 Å². The van der Waals surface area contributed by atoms with Crippen molar-refractivity contribution in [1.29, 1.82) is 0 Å². The van der Waals surface area contributed by atoms with Crippen LogP contribution in [0.2, 0.25) is 0 Å². The topological polar surface area (TPSA) is 87.1 Å². The predicted octanol–water partition coefficient (Wildman–Crippen LogP) is 5.53.